The molecule has 0 bridgehead atoms. The van der Waals surface area contributed by atoms with Crippen LogP contribution in [0.15, 0.2) is 29.4 Å². The Morgan fingerprint density at radius 2 is 2.21 bits per heavy atom. The summed E-state index contributed by atoms with van der Waals surface area (Å²) in [7, 11) is 0. The second-order valence-corrected chi connectivity index (χ2v) is 5.96. The number of benzene rings is 1. The molecule has 104 valence electrons. The van der Waals surface area contributed by atoms with Crippen LogP contribution in [-0.2, 0) is 0 Å². The highest BCUT2D eigenvalue weighted by molar-refractivity contribution is 7.99. The molecule has 1 aromatic heterocycles. The standard InChI is InChI=1S/C14H21N3OS/c1-3-8-15-14(2,9-18)10-19-13-16-11-6-4-5-7-12(11)17-13/h4-7,15,18H,3,8-10H2,1-2H3,(H,16,17). The van der Waals surface area contributed by atoms with Crippen LogP contribution < -0.4 is 5.32 Å². The summed E-state index contributed by atoms with van der Waals surface area (Å²) in [5, 5.41) is 13.8. The number of aromatic nitrogens is 2. The number of hydrogen-bond acceptors (Lipinski definition) is 4. The van der Waals surface area contributed by atoms with Crippen molar-refractivity contribution in [3.63, 3.8) is 0 Å². The predicted molar refractivity (Wildman–Crippen MR) is 80.6 cm³/mol. The third kappa shape index (κ3) is 3.72. The zero-order valence-electron chi connectivity index (χ0n) is 11.4. The van der Waals surface area contributed by atoms with Crippen molar-refractivity contribution in [2.45, 2.75) is 31.0 Å². The lowest BCUT2D eigenvalue weighted by molar-refractivity contribution is 0.192. The Hall–Kier alpha value is -1.04. The summed E-state index contributed by atoms with van der Waals surface area (Å²) in [6.07, 6.45) is 1.06. The lowest BCUT2D eigenvalue weighted by Crippen LogP contribution is -2.48. The fourth-order valence-electron chi connectivity index (χ4n) is 1.80. The molecule has 0 saturated carbocycles. The SMILES string of the molecule is CCCNC(C)(CO)CSc1nc2ccccc2[nH]1. The fourth-order valence-corrected chi connectivity index (χ4v) is 2.80. The van der Waals surface area contributed by atoms with Gasteiger partial charge in [-0.3, -0.25) is 0 Å². The van der Waals surface area contributed by atoms with Crippen LogP contribution in [0.3, 0.4) is 0 Å². The lowest BCUT2D eigenvalue weighted by Gasteiger charge is -2.27. The molecule has 1 atom stereocenters. The van der Waals surface area contributed by atoms with Crippen molar-refractivity contribution >= 4 is 22.8 Å². The van der Waals surface area contributed by atoms with E-state index in [9.17, 15) is 5.11 Å². The molecule has 1 aromatic carbocycles. The van der Waals surface area contributed by atoms with E-state index in [0.717, 1.165) is 34.9 Å². The summed E-state index contributed by atoms with van der Waals surface area (Å²) >= 11 is 1.64. The number of aromatic amines is 1. The molecule has 0 aliphatic rings. The third-order valence-electron chi connectivity index (χ3n) is 3.05. The molecule has 0 aliphatic heterocycles. The first-order valence-electron chi connectivity index (χ1n) is 6.60. The number of nitrogens with zero attached hydrogens (tertiary/aromatic N) is 1. The Labute approximate surface area is 118 Å². The minimum absolute atomic E-state index is 0.125. The summed E-state index contributed by atoms with van der Waals surface area (Å²) in [6.45, 7) is 5.20. The number of aliphatic hydroxyl groups is 1. The number of fused-ring (bicyclic) bond motifs is 1. The quantitative estimate of drug-likeness (QED) is 0.681. The van der Waals surface area contributed by atoms with Crippen molar-refractivity contribution in [3.8, 4) is 0 Å². The van der Waals surface area contributed by atoms with E-state index < -0.39 is 0 Å². The lowest BCUT2D eigenvalue weighted by atomic mass is 10.1. The second-order valence-electron chi connectivity index (χ2n) is 4.99. The summed E-state index contributed by atoms with van der Waals surface area (Å²) in [6, 6.07) is 8.00. The van der Waals surface area contributed by atoms with Crippen LogP contribution in [0.4, 0.5) is 0 Å². The topological polar surface area (TPSA) is 60.9 Å². The smallest absolute Gasteiger partial charge is 0.166 e. The monoisotopic (exact) mass is 279 g/mol. The van der Waals surface area contributed by atoms with Crippen LogP contribution in [0, 0.1) is 0 Å². The second kappa shape index (κ2) is 6.41. The minimum Gasteiger partial charge on any atom is -0.394 e. The van der Waals surface area contributed by atoms with Crippen LogP contribution in [0.2, 0.25) is 0 Å². The first kappa shape index (κ1) is 14.4. The van der Waals surface area contributed by atoms with Crippen LogP contribution >= 0.6 is 11.8 Å². The Bertz CT molecular complexity index is 495. The maximum Gasteiger partial charge on any atom is 0.166 e. The first-order valence-corrected chi connectivity index (χ1v) is 7.59. The fraction of sp³-hybridized carbons (Fsp3) is 0.500. The molecule has 5 heteroatoms. The Balaban J connectivity index is 2.00. The average molecular weight is 279 g/mol. The molecule has 1 unspecified atom stereocenters. The molecule has 1 heterocycles. The highest BCUT2D eigenvalue weighted by Gasteiger charge is 2.23. The number of thioether (sulfide) groups is 1. The van der Waals surface area contributed by atoms with E-state index in [4.69, 9.17) is 0 Å². The van der Waals surface area contributed by atoms with E-state index in [1.54, 1.807) is 11.8 Å². The van der Waals surface area contributed by atoms with Gasteiger partial charge in [-0.2, -0.15) is 0 Å². The van der Waals surface area contributed by atoms with Gasteiger partial charge in [0.05, 0.1) is 17.6 Å². The van der Waals surface area contributed by atoms with Crippen molar-refractivity contribution in [3.05, 3.63) is 24.3 Å². The highest BCUT2D eigenvalue weighted by Crippen LogP contribution is 2.22. The molecule has 19 heavy (non-hydrogen) atoms. The Kier molecular flexibility index (Phi) is 4.85. The molecule has 2 aromatic rings. The van der Waals surface area contributed by atoms with E-state index in [-0.39, 0.29) is 12.1 Å². The minimum atomic E-state index is -0.264. The third-order valence-corrected chi connectivity index (χ3v) is 4.29. The van der Waals surface area contributed by atoms with Gasteiger partial charge in [-0.05, 0) is 32.0 Å². The highest BCUT2D eigenvalue weighted by atomic mass is 32.2. The van der Waals surface area contributed by atoms with Crippen LogP contribution in [0.1, 0.15) is 20.3 Å². The summed E-state index contributed by atoms with van der Waals surface area (Å²) < 4.78 is 0. The van der Waals surface area contributed by atoms with Gasteiger partial charge in [0.1, 0.15) is 0 Å². The number of hydrogen-bond donors (Lipinski definition) is 3. The first-order chi connectivity index (χ1) is 9.17. The summed E-state index contributed by atoms with van der Waals surface area (Å²) in [5.74, 6) is 0.781. The van der Waals surface area contributed by atoms with Gasteiger partial charge in [-0.25, -0.2) is 4.98 Å². The number of rotatable bonds is 7. The Morgan fingerprint density at radius 1 is 1.42 bits per heavy atom. The Morgan fingerprint density at radius 3 is 2.89 bits per heavy atom. The van der Waals surface area contributed by atoms with Gasteiger partial charge in [-0.15, -0.1) is 0 Å². The maximum absolute atomic E-state index is 9.52. The molecule has 0 amide bonds. The summed E-state index contributed by atoms with van der Waals surface area (Å²) in [4.78, 5) is 7.82. The van der Waals surface area contributed by atoms with Crippen molar-refractivity contribution in [2.75, 3.05) is 18.9 Å². The molecule has 3 N–H and O–H groups in total. The number of para-hydroxylation sites is 2. The molecular formula is C14H21N3OS. The number of aliphatic hydroxyl groups excluding tert-OH is 1. The average Bonchev–Trinajstić information content (AvgIpc) is 2.86. The van der Waals surface area contributed by atoms with Crippen molar-refractivity contribution in [1.29, 1.82) is 0 Å². The maximum atomic E-state index is 9.52. The van der Waals surface area contributed by atoms with Crippen LogP contribution in [-0.4, -0.2) is 39.5 Å². The van der Waals surface area contributed by atoms with Gasteiger partial charge in [0.2, 0.25) is 0 Å². The molecular weight excluding hydrogens is 258 g/mol. The van der Waals surface area contributed by atoms with Gasteiger partial charge in [0.15, 0.2) is 5.16 Å². The van der Waals surface area contributed by atoms with E-state index >= 15 is 0 Å². The zero-order chi connectivity index (χ0) is 13.7. The van der Waals surface area contributed by atoms with Crippen LogP contribution in [0.5, 0.6) is 0 Å². The summed E-state index contributed by atoms with van der Waals surface area (Å²) in [5.41, 5.74) is 1.77. The largest absolute Gasteiger partial charge is 0.394 e. The number of imidazole rings is 1. The van der Waals surface area contributed by atoms with Gasteiger partial charge in [0, 0.05) is 11.3 Å². The normalized spacial score (nSPS) is 14.7. The van der Waals surface area contributed by atoms with Crippen molar-refractivity contribution < 1.29 is 5.11 Å². The van der Waals surface area contributed by atoms with Crippen LogP contribution in [0.25, 0.3) is 11.0 Å². The predicted octanol–water partition coefficient (Wildman–Crippen LogP) is 2.41. The van der Waals surface area contributed by atoms with E-state index in [1.165, 1.54) is 0 Å². The molecule has 0 aliphatic carbocycles. The molecule has 0 fully saturated rings. The molecule has 0 radical (unpaired) electrons. The van der Waals surface area contributed by atoms with Gasteiger partial charge >= 0.3 is 0 Å². The molecule has 2 rings (SSSR count). The van der Waals surface area contributed by atoms with E-state index in [2.05, 4.69) is 22.2 Å². The number of nitrogens with one attached hydrogen (secondary N) is 2. The van der Waals surface area contributed by atoms with E-state index in [1.807, 2.05) is 31.2 Å². The van der Waals surface area contributed by atoms with Crippen molar-refractivity contribution in [2.24, 2.45) is 0 Å². The molecule has 4 nitrogen and oxygen atoms in total. The van der Waals surface area contributed by atoms with Gasteiger partial charge < -0.3 is 15.4 Å². The molecule has 0 saturated heterocycles. The zero-order valence-corrected chi connectivity index (χ0v) is 12.3. The van der Waals surface area contributed by atoms with Gasteiger partial charge in [-0.1, -0.05) is 30.8 Å². The van der Waals surface area contributed by atoms with Crippen molar-refractivity contribution in [1.82, 2.24) is 15.3 Å². The number of H-pyrrole nitrogens is 1. The van der Waals surface area contributed by atoms with Gasteiger partial charge in [0.25, 0.3) is 0 Å². The van der Waals surface area contributed by atoms with E-state index in [0.29, 0.717) is 0 Å². The molecule has 0 spiro atoms.